The van der Waals surface area contributed by atoms with E-state index in [1.54, 1.807) is 4.90 Å². The van der Waals surface area contributed by atoms with E-state index in [-0.39, 0.29) is 18.3 Å². The number of likely N-dealkylation sites (N-methyl/N-ethyl adjacent to an activating group) is 1. The van der Waals surface area contributed by atoms with Crippen molar-refractivity contribution < 1.29 is 4.79 Å². The van der Waals surface area contributed by atoms with Crippen LogP contribution in [0.5, 0.6) is 0 Å². The molecular formula is C20H22Cl3N3OS2. The van der Waals surface area contributed by atoms with Crippen LogP contribution in [0.3, 0.4) is 0 Å². The molecule has 3 rings (SSSR count). The molecular weight excluding hydrogens is 469 g/mol. The normalized spacial score (nSPS) is 11.0. The van der Waals surface area contributed by atoms with Gasteiger partial charge in [-0.3, -0.25) is 9.69 Å². The standard InChI is InChI=1S/C20H21Cl2N3OS2.ClH/c1-13-10-15(22)11-17-19(13)23-20(28-17)25(9-8-24(2)3)18(26)12-27-16-6-4-14(21)5-7-16;/h4-7,10-11H,8-9,12H2,1-3H3;1H. The molecule has 0 aliphatic heterocycles. The molecule has 0 spiro atoms. The molecule has 1 aromatic heterocycles. The summed E-state index contributed by atoms with van der Waals surface area (Å²) >= 11 is 15.1. The summed E-state index contributed by atoms with van der Waals surface area (Å²) in [6.07, 6.45) is 0. The van der Waals surface area contributed by atoms with Gasteiger partial charge >= 0.3 is 0 Å². The lowest BCUT2D eigenvalue weighted by molar-refractivity contribution is -0.116. The minimum atomic E-state index is 0. The Balaban J connectivity index is 0.00000300. The molecule has 0 unspecified atom stereocenters. The number of hydrogen-bond acceptors (Lipinski definition) is 5. The number of aromatic nitrogens is 1. The first-order chi connectivity index (χ1) is 13.3. The van der Waals surface area contributed by atoms with Crippen LogP contribution in [0, 0.1) is 6.92 Å². The Hall–Kier alpha value is -1.02. The fourth-order valence-electron chi connectivity index (χ4n) is 2.64. The van der Waals surface area contributed by atoms with E-state index in [4.69, 9.17) is 28.2 Å². The highest BCUT2D eigenvalue weighted by atomic mass is 35.5. The number of nitrogens with zero attached hydrogens (tertiary/aromatic N) is 3. The van der Waals surface area contributed by atoms with Gasteiger partial charge in [-0.15, -0.1) is 24.2 Å². The van der Waals surface area contributed by atoms with Gasteiger partial charge < -0.3 is 4.90 Å². The smallest absolute Gasteiger partial charge is 0.239 e. The van der Waals surface area contributed by atoms with E-state index in [9.17, 15) is 4.79 Å². The third-order valence-electron chi connectivity index (χ3n) is 4.12. The predicted octanol–water partition coefficient (Wildman–Crippen LogP) is 6.02. The largest absolute Gasteiger partial charge is 0.308 e. The third-order valence-corrected chi connectivity index (χ3v) is 6.61. The molecule has 0 aliphatic carbocycles. The van der Waals surface area contributed by atoms with Crippen molar-refractivity contribution in [2.24, 2.45) is 0 Å². The molecule has 0 saturated carbocycles. The summed E-state index contributed by atoms with van der Waals surface area (Å²) < 4.78 is 0.994. The van der Waals surface area contributed by atoms with Crippen molar-refractivity contribution in [3.63, 3.8) is 0 Å². The molecule has 0 aliphatic rings. The summed E-state index contributed by atoms with van der Waals surface area (Å²) in [6.45, 7) is 3.33. The molecule has 9 heteroatoms. The van der Waals surface area contributed by atoms with Gasteiger partial charge in [-0.25, -0.2) is 4.98 Å². The predicted molar refractivity (Wildman–Crippen MR) is 130 cm³/mol. The second-order valence-corrected chi connectivity index (χ2v) is 9.59. The number of carbonyl (C=O) groups excluding carboxylic acids is 1. The number of anilines is 1. The quantitative estimate of drug-likeness (QED) is 0.379. The third kappa shape index (κ3) is 6.48. The van der Waals surface area contributed by atoms with E-state index in [0.29, 0.717) is 27.5 Å². The van der Waals surface area contributed by atoms with E-state index in [0.717, 1.165) is 27.2 Å². The van der Waals surface area contributed by atoms with Gasteiger partial charge in [0.1, 0.15) is 0 Å². The van der Waals surface area contributed by atoms with E-state index in [1.165, 1.54) is 23.1 Å². The number of amides is 1. The van der Waals surface area contributed by atoms with Crippen molar-refractivity contribution >= 4 is 80.0 Å². The van der Waals surface area contributed by atoms with Crippen molar-refractivity contribution in [1.29, 1.82) is 0 Å². The molecule has 4 nitrogen and oxygen atoms in total. The second kappa shape index (κ2) is 10.8. The lowest BCUT2D eigenvalue weighted by atomic mass is 10.2. The van der Waals surface area contributed by atoms with E-state index in [1.807, 2.05) is 57.4 Å². The van der Waals surface area contributed by atoms with Gasteiger partial charge in [-0.2, -0.15) is 0 Å². The Morgan fingerprint density at radius 2 is 1.79 bits per heavy atom. The molecule has 3 aromatic rings. The average Bonchev–Trinajstić information content (AvgIpc) is 3.05. The second-order valence-electron chi connectivity index (χ2n) is 6.66. The zero-order valence-corrected chi connectivity index (χ0v) is 20.3. The molecule has 2 aromatic carbocycles. The van der Waals surface area contributed by atoms with Crippen LogP contribution in [0.25, 0.3) is 10.2 Å². The Kier molecular flexibility index (Phi) is 9.07. The van der Waals surface area contributed by atoms with Crippen molar-refractivity contribution in [3.05, 3.63) is 52.0 Å². The maximum atomic E-state index is 13.0. The number of thioether (sulfide) groups is 1. The van der Waals surface area contributed by atoms with Crippen molar-refractivity contribution in [2.45, 2.75) is 11.8 Å². The topological polar surface area (TPSA) is 36.4 Å². The van der Waals surface area contributed by atoms with Gasteiger partial charge in [0.15, 0.2) is 5.13 Å². The highest BCUT2D eigenvalue weighted by Gasteiger charge is 2.21. The van der Waals surface area contributed by atoms with Gasteiger partial charge in [0.25, 0.3) is 0 Å². The monoisotopic (exact) mass is 489 g/mol. The van der Waals surface area contributed by atoms with Crippen LogP contribution in [0.15, 0.2) is 41.3 Å². The number of thiazole rings is 1. The van der Waals surface area contributed by atoms with Crippen molar-refractivity contribution in [1.82, 2.24) is 9.88 Å². The molecule has 29 heavy (non-hydrogen) atoms. The van der Waals surface area contributed by atoms with E-state index >= 15 is 0 Å². The fourth-order valence-corrected chi connectivity index (χ4v) is 5.00. The maximum Gasteiger partial charge on any atom is 0.239 e. The van der Waals surface area contributed by atoms with Crippen LogP contribution in [-0.4, -0.2) is 48.7 Å². The van der Waals surface area contributed by atoms with Crippen LogP contribution in [0.4, 0.5) is 5.13 Å². The molecule has 0 N–H and O–H groups in total. The average molecular weight is 491 g/mol. The van der Waals surface area contributed by atoms with Gasteiger partial charge in [-0.1, -0.05) is 34.5 Å². The highest BCUT2D eigenvalue weighted by molar-refractivity contribution is 8.00. The molecule has 0 fully saturated rings. The summed E-state index contributed by atoms with van der Waals surface area (Å²) in [6, 6.07) is 11.3. The number of rotatable bonds is 7. The zero-order chi connectivity index (χ0) is 20.3. The first-order valence-corrected chi connectivity index (χ1v) is 11.3. The molecule has 0 atom stereocenters. The molecule has 156 valence electrons. The summed E-state index contributed by atoms with van der Waals surface area (Å²) in [7, 11) is 3.99. The van der Waals surface area contributed by atoms with Crippen LogP contribution in [-0.2, 0) is 4.79 Å². The number of aryl methyl sites for hydroxylation is 1. The fraction of sp³-hybridized carbons (Fsp3) is 0.300. The summed E-state index contributed by atoms with van der Waals surface area (Å²) in [5, 5.41) is 2.08. The van der Waals surface area contributed by atoms with Gasteiger partial charge in [0.2, 0.25) is 5.91 Å². The Bertz CT molecular complexity index is 977. The number of fused-ring (bicyclic) bond motifs is 1. The molecule has 0 saturated heterocycles. The van der Waals surface area contributed by atoms with Crippen molar-refractivity contribution in [3.8, 4) is 0 Å². The van der Waals surface area contributed by atoms with Gasteiger partial charge in [0, 0.05) is 28.0 Å². The lowest BCUT2D eigenvalue weighted by Crippen LogP contribution is -2.37. The number of carbonyl (C=O) groups is 1. The lowest BCUT2D eigenvalue weighted by Gasteiger charge is -2.21. The Morgan fingerprint density at radius 3 is 2.45 bits per heavy atom. The molecule has 1 heterocycles. The SMILES string of the molecule is Cc1cc(Cl)cc2sc(N(CCN(C)C)C(=O)CSc3ccc(Cl)cc3)nc12.Cl. The summed E-state index contributed by atoms with van der Waals surface area (Å²) in [5.41, 5.74) is 1.91. The highest BCUT2D eigenvalue weighted by Crippen LogP contribution is 2.33. The number of halogens is 3. The number of hydrogen-bond donors (Lipinski definition) is 0. The zero-order valence-electron chi connectivity index (χ0n) is 16.3. The van der Waals surface area contributed by atoms with Crippen LogP contribution < -0.4 is 4.90 Å². The van der Waals surface area contributed by atoms with Gasteiger partial charge in [-0.05, 0) is 63.0 Å². The maximum absolute atomic E-state index is 13.0. The minimum absolute atomic E-state index is 0. The molecule has 0 radical (unpaired) electrons. The van der Waals surface area contributed by atoms with Gasteiger partial charge in [0.05, 0.1) is 16.0 Å². The summed E-state index contributed by atoms with van der Waals surface area (Å²) in [4.78, 5) is 22.6. The Labute approximate surface area is 195 Å². The van der Waals surface area contributed by atoms with E-state index < -0.39 is 0 Å². The van der Waals surface area contributed by atoms with E-state index in [2.05, 4.69) is 4.90 Å². The first-order valence-electron chi connectivity index (χ1n) is 8.73. The Morgan fingerprint density at radius 1 is 1.10 bits per heavy atom. The molecule has 0 bridgehead atoms. The first kappa shape index (κ1) is 24.3. The number of benzene rings is 2. The van der Waals surface area contributed by atoms with Crippen molar-refractivity contribution in [2.75, 3.05) is 37.8 Å². The minimum Gasteiger partial charge on any atom is -0.308 e. The molecule has 1 amide bonds. The van der Waals surface area contributed by atoms with Crippen LogP contribution in [0.2, 0.25) is 10.0 Å². The van der Waals surface area contributed by atoms with Crippen LogP contribution in [0.1, 0.15) is 5.56 Å². The summed E-state index contributed by atoms with van der Waals surface area (Å²) in [5.74, 6) is 0.370. The van der Waals surface area contributed by atoms with Crippen LogP contribution >= 0.6 is 58.7 Å².